The summed E-state index contributed by atoms with van der Waals surface area (Å²) < 4.78 is 6.34. The van der Waals surface area contributed by atoms with E-state index in [9.17, 15) is 0 Å². The first-order valence-corrected chi connectivity index (χ1v) is 9.70. The number of hydrogen-bond donors (Lipinski definition) is 0. The lowest BCUT2D eigenvalue weighted by Gasteiger charge is -2.38. The Bertz CT molecular complexity index is 638. The molecule has 24 heavy (non-hydrogen) atoms. The van der Waals surface area contributed by atoms with Crippen molar-refractivity contribution in [1.82, 2.24) is 9.88 Å². The first-order valence-electron chi connectivity index (χ1n) is 8.75. The second-order valence-electron chi connectivity index (χ2n) is 7.05. The normalized spacial score (nSPS) is 23.6. The lowest BCUT2D eigenvalue weighted by Crippen LogP contribution is -2.44. The molecular weight excluding hydrogens is 318 g/mol. The number of piperidine rings is 1. The molecule has 1 unspecified atom stereocenters. The molecule has 2 aliphatic heterocycles. The first kappa shape index (κ1) is 16.1. The fraction of sp³-hybridized carbons (Fsp3) is 0.526. The Morgan fingerprint density at radius 2 is 2.08 bits per heavy atom. The number of ether oxygens (including phenoxy) is 1. The standard InChI is InChI=1S/C19H25N3OS/c1-21(17-5-3-2-4-6-17)18-11-19(23-13-18)7-9-22(10-8-19)12-16-14-24-15-20-16/h2-6,14-15,18H,7-13H2,1H3. The van der Waals surface area contributed by atoms with Crippen LogP contribution in [0.1, 0.15) is 25.0 Å². The van der Waals surface area contributed by atoms with Crippen molar-refractivity contribution in [2.75, 3.05) is 31.6 Å². The van der Waals surface area contributed by atoms with Crippen LogP contribution in [0.3, 0.4) is 0 Å². The van der Waals surface area contributed by atoms with Gasteiger partial charge in [-0.15, -0.1) is 11.3 Å². The van der Waals surface area contributed by atoms with Gasteiger partial charge in [0.05, 0.1) is 29.5 Å². The number of para-hydroxylation sites is 1. The van der Waals surface area contributed by atoms with Crippen molar-refractivity contribution in [3.05, 3.63) is 46.9 Å². The maximum absolute atomic E-state index is 6.34. The van der Waals surface area contributed by atoms with Gasteiger partial charge in [-0.3, -0.25) is 4.90 Å². The van der Waals surface area contributed by atoms with Crippen LogP contribution in [0.2, 0.25) is 0 Å². The molecule has 2 fully saturated rings. The number of aromatic nitrogens is 1. The zero-order valence-corrected chi connectivity index (χ0v) is 15.0. The predicted octanol–water partition coefficient (Wildman–Crippen LogP) is 3.40. The number of benzene rings is 1. The van der Waals surface area contributed by atoms with E-state index in [0.717, 1.165) is 45.5 Å². The van der Waals surface area contributed by atoms with E-state index in [1.54, 1.807) is 11.3 Å². The second kappa shape index (κ2) is 6.82. The van der Waals surface area contributed by atoms with Crippen LogP contribution in [0.15, 0.2) is 41.2 Å². The molecule has 4 rings (SSSR count). The Balaban J connectivity index is 1.33. The molecule has 2 saturated heterocycles. The highest BCUT2D eigenvalue weighted by Crippen LogP contribution is 2.38. The summed E-state index contributed by atoms with van der Waals surface area (Å²) in [5, 5.41) is 2.15. The summed E-state index contributed by atoms with van der Waals surface area (Å²) in [7, 11) is 2.19. The van der Waals surface area contributed by atoms with Gasteiger partial charge in [0, 0.05) is 37.7 Å². The van der Waals surface area contributed by atoms with Crippen molar-refractivity contribution in [3.8, 4) is 0 Å². The summed E-state index contributed by atoms with van der Waals surface area (Å²) in [6.45, 7) is 4.04. The second-order valence-corrected chi connectivity index (χ2v) is 7.77. The molecule has 2 aliphatic rings. The van der Waals surface area contributed by atoms with E-state index >= 15 is 0 Å². The number of anilines is 1. The molecule has 1 atom stereocenters. The van der Waals surface area contributed by atoms with Gasteiger partial charge in [-0.1, -0.05) is 18.2 Å². The van der Waals surface area contributed by atoms with Crippen molar-refractivity contribution >= 4 is 17.0 Å². The zero-order chi connectivity index (χ0) is 16.4. The van der Waals surface area contributed by atoms with E-state index in [2.05, 4.69) is 57.5 Å². The van der Waals surface area contributed by atoms with Crippen molar-refractivity contribution in [2.24, 2.45) is 0 Å². The van der Waals surface area contributed by atoms with Crippen LogP contribution in [0.4, 0.5) is 5.69 Å². The summed E-state index contributed by atoms with van der Waals surface area (Å²) in [6, 6.07) is 11.1. The van der Waals surface area contributed by atoms with Crippen molar-refractivity contribution < 1.29 is 4.74 Å². The van der Waals surface area contributed by atoms with Gasteiger partial charge in [0.25, 0.3) is 0 Å². The van der Waals surface area contributed by atoms with Gasteiger partial charge in [-0.05, 0) is 31.4 Å². The number of hydrogen-bond acceptors (Lipinski definition) is 5. The van der Waals surface area contributed by atoms with Crippen LogP contribution >= 0.6 is 11.3 Å². The van der Waals surface area contributed by atoms with E-state index in [1.807, 2.05) is 5.51 Å². The molecule has 0 amide bonds. The molecule has 128 valence electrons. The van der Waals surface area contributed by atoms with E-state index in [4.69, 9.17) is 4.74 Å². The molecule has 1 spiro atoms. The number of likely N-dealkylation sites (N-methyl/N-ethyl adjacent to an activating group) is 1. The Kier molecular flexibility index (Phi) is 4.57. The fourth-order valence-electron chi connectivity index (χ4n) is 3.95. The third-order valence-corrected chi connectivity index (χ3v) is 6.17. The molecule has 4 nitrogen and oxygen atoms in total. The van der Waals surface area contributed by atoms with Crippen LogP contribution in [0.5, 0.6) is 0 Å². The largest absolute Gasteiger partial charge is 0.373 e. The highest BCUT2D eigenvalue weighted by atomic mass is 32.1. The molecule has 0 bridgehead atoms. The molecular formula is C19H25N3OS. The molecule has 0 saturated carbocycles. The summed E-state index contributed by atoms with van der Waals surface area (Å²) in [6.07, 6.45) is 3.41. The highest BCUT2D eigenvalue weighted by molar-refractivity contribution is 7.07. The summed E-state index contributed by atoms with van der Waals surface area (Å²) in [5.41, 5.74) is 4.49. The molecule has 0 N–H and O–H groups in total. The Morgan fingerprint density at radius 3 is 2.79 bits per heavy atom. The van der Waals surface area contributed by atoms with Gasteiger partial charge < -0.3 is 9.64 Å². The Labute approximate surface area is 148 Å². The van der Waals surface area contributed by atoms with Gasteiger partial charge in [0.15, 0.2) is 0 Å². The lowest BCUT2D eigenvalue weighted by atomic mass is 9.87. The summed E-state index contributed by atoms with van der Waals surface area (Å²) in [4.78, 5) is 9.30. The minimum Gasteiger partial charge on any atom is -0.373 e. The summed E-state index contributed by atoms with van der Waals surface area (Å²) in [5.74, 6) is 0. The lowest BCUT2D eigenvalue weighted by molar-refractivity contribution is -0.0450. The zero-order valence-electron chi connectivity index (χ0n) is 14.2. The van der Waals surface area contributed by atoms with Crippen LogP contribution in [-0.2, 0) is 11.3 Å². The van der Waals surface area contributed by atoms with Gasteiger partial charge >= 0.3 is 0 Å². The third kappa shape index (κ3) is 3.34. The molecule has 1 aromatic carbocycles. The maximum atomic E-state index is 6.34. The van der Waals surface area contributed by atoms with Crippen LogP contribution in [0.25, 0.3) is 0 Å². The van der Waals surface area contributed by atoms with Crippen molar-refractivity contribution in [1.29, 1.82) is 0 Å². The smallest absolute Gasteiger partial charge is 0.0795 e. The molecule has 0 aliphatic carbocycles. The highest BCUT2D eigenvalue weighted by Gasteiger charge is 2.43. The minimum atomic E-state index is 0.0896. The van der Waals surface area contributed by atoms with Gasteiger partial charge in [0.1, 0.15) is 0 Å². The Hall–Kier alpha value is -1.43. The monoisotopic (exact) mass is 343 g/mol. The van der Waals surface area contributed by atoms with Gasteiger partial charge in [-0.25, -0.2) is 4.98 Å². The third-order valence-electron chi connectivity index (χ3n) is 5.54. The average Bonchev–Trinajstić information content (AvgIpc) is 3.28. The maximum Gasteiger partial charge on any atom is 0.0795 e. The quantitative estimate of drug-likeness (QED) is 0.851. The van der Waals surface area contributed by atoms with Crippen LogP contribution < -0.4 is 4.90 Å². The molecule has 0 radical (unpaired) electrons. The Morgan fingerprint density at radius 1 is 1.29 bits per heavy atom. The van der Waals surface area contributed by atoms with Crippen LogP contribution in [0, 0.1) is 0 Å². The summed E-state index contributed by atoms with van der Waals surface area (Å²) >= 11 is 1.68. The van der Waals surface area contributed by atoms with E-state index < -0.39 is 0 Å². The SMILES string of the molecule is CN(c1ccccc1)C1COC2(CCN(Cc3cscn3)CC2)C1. The number of rotatable bonds is 4. The average molecular weight is 343 g/mol. The first-order chi connectivity index (χ1) is 11.7. The van der Waals surface area contributed by atoms with Gasteiger partial charge in [-0.2, -0.15) is 0 Å². The van der Waals surface area contributed by atoms with E-state index in [-0.39, 0.29) is 5.60 Å². The van der Waals surface area contributed by atoms with Crippen molar-refractivity contribution in [3.63, 3.8) is 0 Å². The number of nitrogens with zero attached hydrogens (tertiary/aromatic N) is 3. The molecule has 2 aromatic rings. The predicted molar refractivity (Wildman–Crippen MR) is 98.6 cm³/mol. The van der Waals surface area contributed by atoms with Crippen LogP contribution in [-0.4, -0.2) is 48.3 Å². The van der Waals surface area contributed by atoms with Gasteiger partial charge in [0.2, 0.25) is 0 Å². The fourth-order valence-corrected chi connectivity index (χ4v) is 4.50. The van der Waals surface area contributed by atoms with E-state index in [0.29, 0.717) is 6.04 Å². The molecule has 1 aromatic heterocycles. The van der Waals surface area contributed by atoms with Crippen molar-refractivity contribution in [2.45, 2.75) is 37.5 Å². The number of likely N-dealkylation sites (tertiary alicyclic amines) is 1. The molecule has 5 heteroatoms. The van der Waals surface area contributed by atoms with E-state index in [1.165, 1.54) is 11.4 Å². The number of thiazole rings is 1. The minimum absolute atomic E-state index is 0.0896. The topological polar surface area (TPSA) is 28.6 Å². The molecule has 3 heterocycles.